The third kappa shape index (κ3) is 2.82. The van der Waals surface area contributed by atoms with Crippen LogP contribution < -0.4 is 5.32 Å². The van der Waals surface area contributed by atoms with Crippen LogP contribution in [0.15, 0.2) is 12.4 Å². The molecular formula is C9H17N3O. The molecule has 1 atom stereocenters. The first-order valence-corrected chi connectivity index (χ1v) is 4.60. The molecule has 0 fully saturated rings. The molecule has 1 rings (SSSR count). The van der Waals surface area contributed by atoms with Gasteiger partial charge in [0.15, 0.2) is 0 Å². The zero-order chi connectivity index (χ0) is 9.68. The van der Waals surface area contributed by atoms with Crippen molar-refractivity contribution in [3.8, 4) is 0 Å². The predicted molar refractivity (Wildman–Crippen MR) is 51.3 cm³/mol. The van der Waals surface area contributed by atoms with E-state index in [1.807, 2.05) is 13.2 Å². The average molecular weight is 183 g/mol. The van der Waals surface area contributed by atoms with Gasteiger partial charge in [-0.2, -0.15) is 5.10 Å². The first-order chi connectivity index (χ1) is 6.27. The van der Waals surface area contributed by atoms with Gasteiger partial charge >= 0.3 is 0 Å². The summed E-state index contributed by atoms with van der Waals surface area (Å²) in [6.07, 6.45) is 4.77. The van der Waals surface area contributed by atoms with Gasteiger partial charge < -0.3 is 10.4 Å². The number of nitrogens with zero attached hydrogens (tertiary/aromatic N) is 2. The van der Waals surface area contributed by atoms with Crippen LogP contribution in [0.25, 0.3) is 0 Å². The zero-order valence-corrected chi connectivity index (χ0v) is 8.20. The number of aromatic nitrogens is 2. The Kier molecular flexibility index (Phi) is 3.92. The minimum absolute atomic E-state index is 0.0219. The summed E-state index contributed by atoms with van der Waals surface area (Å²) < 4.78 is 1.74. The van der Waals surface area contributed by atoms with Crippen LogP contribution >= 0.6 is 0 Å². The first-order valence-electron chi connectivity index (χ1n) is 4.60. The monoisotopic (exact) mass is 183 g/mol. The number of nitrogens with one attached hydrogen (secondary N) is 1. The third-order valence-corrected chi connectivity index (χ3v) is 1.95. The average Bonchev–Trinajstić information content (AvgIpc) is 2.54. The number of rotatable bonds is 5. The van der Waals surface area contributed by atoms with E-state index < -0.39 is 0 Å². The number of hydrogen-bond acceptors (Lipinski definition) is 3. The highest BCUT2D eigenvalue weighted by molar-refractivity contribution is 5.10. The van der Waals surface area contributed by atoms with E-state index in [0.29, 0.717) is 0 Å². The standard InChI is InChI=1S/C9H17N3O/c1-3-4-10-9(7-13)8-5-11-12(2)6-8/h5-6,9-10,13H,3-4,7H2,1-2H3/t9-/m0/s1. The summed E-state index contributed by atoms with van der Waals surface area (Å²) in [7, 11) is 1.87. The van der Waals surface area contributed by atoms with Gasteiger partial charge in [-0.3, -0.25) is 4.68 Å². The molecule has 1 heterocycles. The molecule has 0 saturated heterocycles. The van der Waals surface area contributed by atoms with E-state index in [9.17, 15) is 0 Å². The lowest BCUT2D eigenvalue weighted by molar-refractivity contribution is 0.245. The number of hydrogen-bond donors (Lipinski definition) is 2. The Morgan fingerprint density at radius 1 is 1.69 bits per heavy atom. The second kappa shape index (κ2) is 4.99. The molecule has 1 aromatic rings. The normalized spacial score (nSPS) is 13.2. The highest BCUT2D eigenvalue weighted by Gasteiger charge is 2.10. The molecule has 2 N–H and O–H groups in total. The largest absolute Gasteiger partial charge is 0.394 e. The minimum Gasteiger partial charge on any atom is -0.394 e. The summed E-state index contributed by atoms with van der Waals surface area (Å²) >= 11 is 0. The van der Waals surface area contributed by atoms with Crippen LogP contribution in [0.3, 0.4) is 0 Å². The molecule has 0 saturated carbocycles. The van der Waals surface area contributed by atoms with Crippen LogP contribution in [0.5, 0.6) is 0 Å². The molecule has 0 aliphatic rings. The van der Waals surface area contributed by atoms with E-state index in [-0.39, 0.29) is 12.6 Å². The molecule has 13 heavy (non-hydrogen) atoms. The molecule has 1 aromatic heterocycles. The van der Waals surface area contributed by atoms with Crippen molar-refractivity contribution in [3.05, 3.63) is 18.0 Å². The Bertz CT molecular complexity index is 247. The lowest BCUT2D eigenvalue weighted by atomic mass is 10.2. The van der Waals surface area contributed by atoms with E-state index >= 15 is 0 Å². The zero-order valence-electron chi connectivity index (χ0n) is 8.20. The molecule has 0 bridgehead atoms. The van der Waals surface area contributed by atoms with Gasteiger partial charge in [0.05, 0.1) is 18.8 Å². The van der Waals surface area contributed by atoms with Crippen LogP contribution in [0.2, 0.25) is 0 Å². The van der Waals surface area contributed by atoms with E-state index in [2.05, 4.69) is 17.3 Å². The lowest BCUT2D eigenvalue weighted by Crippen LogP contribution is -2.24. The Labute approximate surface area is 78.6 Å². The first kappa shape index (κ1) is 10.2. The molecule has 0 radical (unpaired) electrons. The van der Waals surface area contributed by atoms with Crippen LogP contribution in [0.1, 0.15) is 24.9 Å². The van der Waals surface area contributed by atoms with Crippen molar-refractivity contribution in [1.82, 2.24) is 15.1 Å². The number of aliphatic hydroxyl groups is 1. The topological polar surface area (TPSA) is 50.1 Å². The maximum Gasteiger partial charge on any atom is 0.0627 e. The van der Waals surface area contributed by atoms with Gasteiger partial charge in [0.25, 0.3) is 0 Å². The third-order valence-electron chi connectivity index (χ3n) is 1.95. The van der Waals surface area contributed by atoms with Gasteiger partial charge in [-0.15, -0.1) is 0 Å². The van der Waals surface area contributed by atoms with Crippen LogP contribution in [-0.4, -0.2) is 28.0 Å². The van der Waals surface area contributed by atoms with Crippen molar-refractivity contribution in [2.75, 3.05) is 13.2 Å². The Morgan fingerprint density at radius 3 is 2.92 bits per heavy atom. The molecule has 4 heteroatoms. The second-order valence-corrected chi connectivity index (χ2v) is 3.14. The molecule has 74 valence electrons. The van der Waals surface area contributed by atoms with E-state index in [4.69, 9.17) is 5.11 Å². The summed E-state index contributed by atoms with van der Waals surface area (Å²) in [5.74, 6) is 0. The SMILES string of the molecule is CCCN[C@@H](CO)c1cnn(C)c1. The van der Waals surface area contributed by atoms with Crippen LogP contribution in [-0.2, 0) is 7.05 Å². The van der Waals surface area contributed by atoms with Crippen molar-refractivity contribution in [1.29, 1.82) is 0 Å². The van der Waals surface area contributed by atoms with Gasteiger partial charge in [-0.05, 0) is 13.0 Å². The summed E-state index contributed by atoms with van der Waals surface area (Å²) in [4.78, 5) is 0. The number of aliphatic hydroxyl groups excluding tert-OH is 1. The van der Waals surface area contributed by atoms with Crippen LogP contribution in [0.4, 0.5) is 0 Å². The smallest absolute Gasteiger partial charge is 0.0627 e. The second-order valence-electron chi connectivity index (χ2n) is 3.14. The fraction of sp³-hybridized carbons (Fsp3) is 0.667. The molecule has 4 nitrogen and oxygen atoms in total. The molecule has 0 unspecified atom stereocenters. The van der Waals surface area contributed by atoms with Gasteiger partial charge in [-0.1, -0.05) is 6.92 Å². The quantitative estimate of drug-likeness (QED) is 0.697. The molecular weight excluding hydrogens is 166 g/mol. The van der Waals surface area contributed by atoms with Crippen molar-refractivity contribution in [2.24, 2.45) is 7.05 Å². The lowest BCUT2D eigenvalue weighted by Gasteiger charge is -2.13. The van der Waals surface area contributed by atoms with Crippen molar-refractivity contribution in [2.45, 2.75) is 19.4 Å². The van der Waals surface area contributed by atoms with Gasteiger partial charge in [-0.25, -0.2) is 0 Å². The minimum atomic E-state index is 0.0219. The number of aryl methyl sites for hydroxylation is 1. The Hall–Kier alpha value is -0.870. The van der Waals surface area contributed by atoms with E-state index in [0.717, 1.165) is 18.5 Å². The van der Waals surface area contributed by atoms with E-state index in [1.165, 1.54) is 0 Å². The van der Waals surface area contributed by atoms with Gasteiger partial charge in [0, 0.05) is 18.8 Å². The highest BCUT2D eigenvalue weighted by Crippen LogP contribution is 2.10. The van der Waals surface area contributed by atoms with Gasteiger partial charge in [0.2, 0.25) is 0 Å². The molecule has 0 amide bonds. The summed E-state index contributed by atoms with van der Waals surface area (Å²) in [6, 6.07) is 0.0219. The Morgan fingerprint density at radius 2 is 2.46 bits per heavy atom. The van der Waals surface area contributed by atoms with Crippen molar-refractivity contribution in [3.63, 3.8) is 0 Å². The predicted octanol–water partition coefficient (Wildman–Crippen LogP) is 0.453. The molecule has 0 aliphatic carbocycles. The molecule has 0 spiro atoms. The fourth-order valence-corrected chi connectivity index (χ4v) is 1.23. The maximum absolute atomic E-state index is 9.12. The van der Waals surface area contributed by atoms with Gasteiger partial charge in [0.1, 0.15) is 0 Å². The fourth-order valence-electron chi connectivity index (χ4n) is 1.23. The highest BCUT2D eigenvalue weighted by atomic mass is 16.3. The maximum atomic E-state index is 9.12. The summed E-state index contributed by atoms with van der Waals surface area (Å²) in [6.45, 7) is 3.14. The summed E-state index contributed by atoms with van der Waals surface area (Å²) in [5.41, 5.74) is 1.04. The summed E-state index contributed by atoms with van der Waals surface area (Å²) in [5, 5.41) is 16.4. The van der Waals surface area contributed by atoms with Crippen molar-refractivity contribution >= 4 is 0 Å². The van der Waals surface area contributed by atoms with E-state index in [1.54, 1.807) is 10.9 Å². The van der Waals surface area contributed by atoms with Crippen molar-refractivity contribution < 1.29 is 5.11 Å². The van der Waals surface area contributed by atoms with Crippen LogP contribution in [0, 0.1) is 0 Å². The Balaban J connectivity index is 2.56. The molecule has 0 aliphatic heterocycles. The molecule has 0 aromatic carbocycles.